The second-order valence-corrected chi connectivity index (χ2v) is 0.342. The molecule has 0 aliphatic rings. The first kappa shape index (κ1) is 8.87. The molecule has 0 amide bonds. The summed E-state index contributed by atoms with van der Waals surface area (Å²) in [6, 6.07) is 0. The van der Waals surface area contributed by atoms with Crippen LogP contribution in [0.15, 0.2) is 6.08 Å². The number of rotatable bonds is 1. The summed E-state index contributed by atoms with van der Waals surface area (Å²) in [5, 5.41) is 7.57. The van der Waals surface area contributed by atoms with Crippen molar-refractivity contribution in [2.45, 2.75) is 0 Å². The molecule has 2 heteroatoms. The second-order valence-electron chi connectivity index (χ2n) is 0.342. The summed E-state index contributed by atoms with van der Waals surface area (Å²) in [6.45, 7) is 4.60. The van der Waals surface area contributed by atoms with Gasteiger partial charge in [0.15, 0.2) is 0 Å². The molecule has 0 aliphatic carbocycles. The van der Waals surface area contributed by atoms with Gasteiger partial charge in [-0.05, 0) is 0 Å². The molecule has 0 radical (unpaired) electrons. The molecular weight excluding hydrogens is 106 g/mol. The van der Waals surface area contributed by atoms with E-state index >= 15 is 0 Å². The van der Waals surface area contributed by atoms with Gasteiger partial charge >= 0.3 is 17.1 Å². The van der Waals surface area contributed by atoms with Crippen LogP contribution in [0.4, 0.5) is 0 Å². The number of hydrogen-bond acceptors (Lipinski definition) is 0. The van der Waals surface area contributed by atoms with Gasteiger partial charge in [-0.15, -0.1) is 0 Å². The third-order valence-corrected chi connectivity index (χ3v) is 0.0861. The Kier molecular flexibility index (Phi) is 16.1. The van der Waals surface area contributed by atoms with Gasteiger partial charge in [-0.3, -0.25) is 12.7 Å². The van der Waals surface area contributed by atoms with Gasteiger partial charge in [0.05, 0.1) is 0 Å². The van der Waals surface area contributed by atoms with E-state index in [1.807, 2.05) is 0 Å². The average Bonchev–Trinajstić information content (AvgIpc) is 1.37. The minimum atomic E-state index is 0. The molecule has 0 atom stereocenters. The van der Waals surface area contributed by atoms with Gasteiger partial charge in [0.1, 0.15) is 0 Å². The van der Waals surface area contributed by atoms with Crippen LogP contribution in [0.5, 0.6) is 0 Å². The zero-order chi connectivity index (χ0) is 3.41. The molecule has 0 aromatic heterocycles. The van der Waals surface area contributed by atoms with Crippen LogP contribution in [0, 0.1) is 6.58 Å². The van der Waals surface area contributed by atoms with E-state index in [0.717, 1.165) is 12.3 Å². The molecule has 0 heterocycles. The Bertz CT molecular complexity index is 27.9. The molecule has 0 fully saturated rings. The second kappa shape index (κ2) is 9.06. The normalized spacial score (nSPS) is 4.00. The Morgan fingerprint density at radius 3 is 1.80 bits per heavy atom. The van der Waals surface area contributed by atoms with Gasteiger partial charge in [0, 0.05) is 0 Å². The van der Waals surface area contributed by atoms with E-state index < -0.39 is 0 Å². The molecule has 0 N–H and O–H groups in total. The van der Waals surface area contributed by atoms with Crippen LogP contribution in [0.1, 0.15) is 0 Å². The number of nitrogens with zero attached hydrogens (tertiary/aromatic N) is 1. The smallest absolute Gasteiger partial charge is 0.911 e. The van der Waals surface area contributed by atoms with Crippen molar-refractivity contribution in [3.8, 4) is 0 Å². The molecule has 5 heavy (non-hydrogen) atoms. The fraction of sp³-hybridized carbons (Fsp3) is 0. The molecule has 0 saturated carbocycles. The molecule has 0 rings (SSSR count). The van der Waals surface area contributed by atoms with E-state index in [-0.39, 0.29) is 17.1 Å². The fourth-order valence-electron chi connectivity index (χ4n) is 0. The molecule has 0 unspecified atom stereocenters. The minimum absolute atomic E-state index is 0. The van der Waals surface area contributed by atoms with E-state index in [2.05, 4.69) is 6.58 Å². The Morgan fingerprint density at radius 1 is 1.60 bits per heavy atom. The maximum Gasteiger partial charge on any atom is 2.00 e. The summed E-state index contributed by atoms with van der Waals surface area (Å²) in [4.78, 5) is 0. The van der Waals surface area contributed by atoms with E-state index in [1.54, 1.807) is 0 Å². The Balaban J connectivity index is 0. The summed E-state index contributed by atoms with van der Waals surface area (Å²) in [6.07, 6.45) is 1.83. The molecule has 0 aromatic rings. The van der Waals surface area contributed by atoms with Gasteiger partial charge in [-0.2, -0.15) is 0 Å². The van der Waals surface area contributed by atoms with Gasteiger partial charge in [0.2, 0.25) is 0 Å². The summed E-state index contributed by atoms with van der Waals surface area (Å²) in [7, 11) is 0. The Hall–Kier alpha value is -0.0705. The molecule has 0 aromatic carbocycles. The zero-order valence-electron chi connectivity index (χ0n) is 2.53. The molecule has 28 valence electrons. The molecular formula is C3H3FeN. The average molecular weight is 109 g/mol. The van der Waals surface area contributed by atoms with Crippen molar-refractivity contribution in [1.29, 1.82) is 0 Å². The quantitative estimate of drug-likeness (QED) is 0.267. The third kappa shape index (κ3) is 16.9. The van der Waals surface area contributed by atoms with Crippen molar-refractivity contribution >= 4 is 6.21 Å². The van der Waals surface area contributed by atoms with Crippen LogP contribution in [-0.4, -0.2) is 6.21 Å². The van der Waals surface area contributed by atoms with E-state index in [9.17, 15) is 0 Å². The zero-order valence-corrected chi connectivity index (χ0v) is 3.64. The first-order valence-corrected chi connectivity index (χ1v) is 0.925. The van der Waals surface area contributed by atoms with E-state index in [0.29, 0.717) is 0 Å². The van der Waals surface area contributed by atoms with Crippen molar-refractivity contribution < 1.29 is 17.1 Å². The van der Waals surface area contributed by atoms with Crippen molar-refractivity contribution in [3.63, 3.8) is 0 Å². The first-order valence-electron chi connectivity index (χ1n) is 0.925. The Morgan fingerprint density at radius 2 is 1.80 bits per heavy atom. The summed E-state index contributed by atoms with van der Waals surface area (Å²) in [5.74, 6) is 0. The van der Waals surface area contributed by atoms with Crippen molar-refractivity contribution in [3.05, 3.63) is 18.1 Å². The minimum Gasteiger partial charge on any atom is -0.911 e. The van der Waals surface area contributed by atoms with E-state index in [4.69, 9.17) is 5.41 Å². The largest absolute Gasteiger partial charge is 2.00 e. The first-order chi connectivity index (χ1) is 1.91. The fourth-order valence-corrected chi connectivity index (χ4v) is 0. The molecule has 1 nitrogen and oxygen atoms in total. The van der Waals surface area contributed by atoms with Crippen LogP contribution in [-0.2, 0) is 17.1 Å². The van der Waals surface area contributed by atoms with Crippen molar-refractivity contribution in [1.82, 2.24) is 0 Å². The summed E-state index contributed by atoms with van der Waals surface area (Å²) in [5.41, 5.74) is 0. The molecule has 0 saturated heterocycles. The van der Waals surface area contributed by atoms with Crippen LogP contribution in [0.25, 0.3) is 5.41 Å². The van der Waals surface area contributed by atoms with E-state index in [1.165, 1.54) is 0 Å². The summed E-state index contributed by atoms with van der Waals surface area (Å²) < 4.78 is 0. The molecule has 0 spiro atoms. The van der Waals surface area contributed by atoms with Crippen molar-refractivity contribution in [2.75, 3.05) is 0 Å². The standard InChI is InChI=1S/C3H3N.Fe/c1-2-3-4;/h1-3H;/q-2;+2. The topological polar surface area (TPSA) is 22.3 Å². The van der Waals surface area contributed by atoms with Crippen LogP contribution < -0.4 is 0 Å². The maximum absolute atomic E-state index is 7.57. The monoisotopic (exact) mass is 109 g/mol. The van der Waals surface area contributed by atoms with Crippen LogP contribution >= 0.6 is 0 Å². The predicted octanol–water partition coefficient (Wildman–Crippen LogP) is 0.613. The maximum atomic E-state index is 7.57. The third-order valence-electron chi connectivity index (χ3n) is 0.0861. The predicted molar refractivity (Wildman–Crippen MR) is 18.3 cm³/mol. The van der Waals surface area contributed by atoms with Gasteiger partial charge in [-0.1, -0.05) is 0 Å². The van der Waals surface area contributed by atoms with Gasteiger partial charge in [-0.25, -0.2) is 0 Å². The number of allylic oxidation sites excluding steroid dienone is 1. The number of hydrogen-bond donors (Lipinski definition) is 0. The van der Waals surface area contributed by atoms with Crippen molar-refractivity contribution in [2.24, 2.45) is 0 Å². The van der Waals surface area contributed by atoms with Crippen LogP contribution in [0.3, 0.4) is 0 Å². The van der Waals surface area contributed by atoms with Gasteiger partial charge in [0.25, 0.3) is 0 Å². The SMILES string of the molecule is [CH-]=CC=[N-].[Fe+2]. The molecule has 0 aliphatic heterocycles. The van der Waals surface area contributed by atoms with Gasteiger partial charge < -0.3 is 11.6 Å². The van der Waals surface area contributed by atoms with Crippen LogP contribution in [0.2, 0.25) is 0 Å². The Labute approximate surface area is 42.1 Å². The molecule has 0 bridgehead atoms. The summed E-state index contributed by atoms with van der Waals surface area (Å²) >= 11 is 0.